The number of hydrogen-bond donors (Lipinski definition) is 0. The Morgan fingerprint density at radius 3 is 2.19 bits per heavy atom. The molecule has 1 heterocycles. The predicted molar refractivity (Wildman–Crippen MR) is 125 cm³/mol. The van der Waals surface area contributed by atoms with Crippen molar-refractivity contribution in [1.29, 1.82) is 0 Å². The zero-order chi connectivity index (χ0) is 22.7. The molecule has 0 N–H and O–H groups in total. The maximum Gasteiger partial charge on any atom is 0.278 e. The summed E-state index contributed by atoms with van der Waals surface area (Å²) in [4.78, 5) is 31.2. The number of aromatic nitrogens is 1. The number of nitrogens with zero attached hydrogens (tertiary/aromatic N) is 4. The third-order valence-corrected chi connectivity index (χ3v) is 5.74. The van der Waals surface area contributed by atoms with Gasteiger partial charge >= 0.3 is 0 Å². The topological polar surface area (TPSA) is 112 Å². The summed E-state index contributed by atoms with van der Waals surface area (Å²) in [6.45, 7) is 1.99. The first kappa shape index (κ1) is 21.0. The van der Waals surface area contributed by atoms with Gasteiger partial charge in [-0.25, -0.2) is 9.98 Å². The zero-order valence-corrected chi connectivity index (χ0v) is 17.7. The van der Waals surface area contributed by atoms with Crippen LogP contribution in [0.2, 0.25) is 0 Å². The fourth-order valence-corrected chi connectivity index (χ4v) is 4.03. The molecule has 0 spiro atoms. The van der Waals surface area contributed by atoms with E-state index in [9.17, 15) is 20.2 Å². The summed E-state index contributed by atoms with van der Waals surface area (Å²) < 4.78 is 0. The third kappa shape index (κ3) is 4.42. The van der Waals surface area contributed by atoms with Crippen molar-refractivity contribution in [3.8, 4) is 21.7 Å². The van der Waals surface area contributed by atoms with Crippen LogP contribution in [0.25, 0.3) is 21.7 Å². The van der Waals surface area contributed by atoms with Gasteiger partial charge in [0, 0.05) is 30.0 Å². The molecule has 1 aromatic heterocycles. The summed E-state index contributed by atoms with van der Waals surface area (Å²) in [5.74, 6) is 0. The van der Waals surface area contributed by atoms with Crippen molar-refractivity contribution in [2.24, 2.45) is 4.99 Å². The largest absolute Gasteiger partial charge is 0.278 e. The molecule has 0 aliphatic heterocycles. The van der Waals surface area contributed by atoms with Crippen molar-refractivity contribution in [2.45, 2.75) is 6.92 Å². The molecule has 0 atom stereocenters. The quantitative estimate of drug-likeness (QED) is 0.195. The van der Waals surface area contributed by atoms with E-state index in [4.69, 9.17) is 0 Å². The van der Waals surface area contributed by atoms with Crippen LogP contribution in [0.15, 0.2) is 77.8 Å². The highest BCUT2D eigenvalue weighted by Gasteiger charge is 2.17. The average molecular weight is 444 g/mol. The number of thiazole rings is 1. The Morgan fingerprint density at radius 1 is 0.875 bits per heavy atom. The Kier molecular flexibility index (Phi) is 5.82. The molecule has 0 bridgehead atoms. The molecule has 158 valence electrons. The lowest BCUT2D eigenvalue weighted by Gasteiger charge is -2.03. The lowest BCUT2D eigenvalue weighted by Crippen LogP contribution is -1.93. The van der Waals surface area contributed by atoms with E-state index < -0.39 is 9.85 Å². The van der Waals surface area contributed by atoms with Gasteiger partial charge in [-0.15, -0.1) is 0 Å². The van der Waals surface area contributed by atoms with E-state index in [-0.39, 0.29) is 11.4 Å². The first-order valence-corrected chi connectivity index (χ1v) is 10.3. The lowest BCUT2D eigenvalue weighted by molar-refractivity contribution is -0.385. The highest BCUT2D eigenvalue weighted by molar-refractivity contribution is 7.19. The molecule has 8 nitrogen and oxygen atoms in total. The molecule has 0 fully saturated rings. The van der Waals surface area contributed by atoms with E-state index in [0.29, 0.717) is 16.4 Å². The maximum absolute atomic E-state index is 11.2. The molecule has 0 radical (unpaired) electrons. The van der Waals surface area contributed by atoms with Crippen LogP contribution in [0, 0.1) is 27.2 Å². The van der Waals surface area contributed by atoms with Crippen molar-refractivity contribution in [2.75, 3.05) is 0 Å². The molecule has 4 rings (SSSR count). The Bertz CT molecular complexity index is 1330. The summed E-state index contributed by atoms with van der Waals surface area (Å²) in [6, 6.07) is 20.5. The number of rotatable bonds is 6. The minimum Gasteiger partial charge on any atom is -0.258 e. The van der Waals surface area contributed by atoms with Crippen molar-refractivity contribution < 1.29 is 9.85 Å². The first-order valence-electron chi connectivity index (χ1n) is 9.52. The number of aliphatic imine (C=N–C) groups is 1. The Morgan fingerprint density at radius 2 is 1.53 bits per heavy atom. The molecule has 0 amide bonds. The number of nitro groups is 2. The van der Waals surface area contributed by atoms with E-state index in [0.717, 1.165) is 21.6 Å². The highest BCUT2D eigenvalue weighted by atomic mass is 32.1. The second-order valence-electron chi connectivity index (χ2n) is 6.92. The summed E-state index contributed by atoms with van der Waals surface area (Å²) in [5.41, 5.74) is 3.80. The van der Waals surface area contributed by atoms with Gasteiger partial charge in [-0.1, -0.05) is 53.3 Å². The van der Waals surface area contributed by atoms with E-state index in [1.165, 1.54) is 35.8 Å². The summed E-state index contributed by atoms with van der Waals surface area (Å²) >= 11 is 1.31. The molecule has 0 saturated carbocycles. The normalized spacial score (nSPS) is 11.0. The van der Waals surface area contributed by atoms with Gasteiger partial charge in [0.15, 0.2) is 0 Å². The van der Waals surface area contributed by atoms with Crippen LogP contribution < -0.4 is 0 Å². The van der Waals surface area contributed by atoms with Crippen LogP contribution in [0.3, 0.4) is 0 Å². The van der Waals surface area contributed by atoms with Gasteiger partial charge in [0.05, 0.1) is 26.0 Å². The van der Waals surface area contributed by atoms with Crippen molar-refractivity contribution in [3.05, 3.63) is 104 Å². The maximum atomic E-state index is 11.2. The van der Waals surface area contributed by atoms with Crippen LogP contribution >= 0.6 is 11.3 Å². The summed E-state index contributed by atoms with van der Waals surface area (Å²) in [7, 11) is 0. The van der Waals surface area contributed by atoms with Crippen molar-refractivity contribution in [1.82, 2.24) is 4.98 Å². The Balaban J connectivity index is 1.78. The van der Waals surface area contributed by atoms with Crippen molar-refractivity contribution >= 4 is 34.1 Å². The molecular formula is C23H16N4O4S. The van der Waals surface area contributed by atoms with E-state index in [1.807, 2.05) is 31.2 Å². The number of nitro benzene ring substituents is 2. The van der Waals surface area contributed by atoms with E-state index >= 15 is 0 Å². The monoisotopic (exact) mass is 444 g/mol. The van der Waals surface area contributed by atoms with Crippen LogP contribution in [0.4, 0.5) is 16.5 Å². The van der Waals surface area contributed by atoms with Crippen molar-refractivity contribution in [3.63, 3.8) is 0 Å². The molecule has 32 heavy (non-hydrogen) atoms. The predicted octanol–water partition coefficient (Wildman–Crippen LogP) is 6.35. The fourth-order valence-electron chi connectivity index (χ4n) is 3.09. The van der Waals surface area contributed by atoms with E-state index in [2.05, 4.69) is 9.98 Å². The van der Waals surface area contributed by atoms with Crippen LogP contribution in [0.1, 0.15) is 11.1 Å². The zero-order valence-electron chi connectivity index (χ0n) is 16.8. The lowest BCUT2D eigenvalue weighted by atomic mass is 10.1. The standard InChI is InChI=1S/C23H16N4O4S/c1-15-6-8-16(9-7-15)21-22(17-10-12-19(13-11-17)26(28)29)32-23(25-21)24-14-18-4-2-3-5-20(18)27(30)31/h2-14H,1H3. The molecule has 0 saturated heterocycles. The fraction of sp³-hybridized carbons (Fsp3) is 0.0435. The number of aryl methyl sites for hydroxylation is 1. The smallest absolute Gasteiger partial charge is 0.258 e. The molecule has 0 unspecified atom stereocenters. The van der Waals surface area contributed by atoms with Crippen LogP contribution in [-0.4, -0.2) is 21.0 Å². The Hall–Kier alpha value is -4.24. The minimum atomic E-state index is -0.455. The number of hydrogen-bond acceptors (Lipinski definition) is 7. The second kappa shape index (κ2) is 8.86. The van der Waals surface area contributed by atoms with E-state index in [1.54, 1.807) is 30.3 Å². The number of para-hydroxylation sites is 1. The number of benzene rings is 3. The second-order valence-corrected chi connectivity index (χ2v) is 7.90. The van der Waals surface area contributed by atoms with Gasteiger partial charge in [-0.05, 0) is 30.7 Å². The summed E-state index contributed by atoms with van der Waals surface area (Å²) in [6.07, 6.45) is 1.43. The first-order chi connectivity index (χ1) is 15.4. The summed E-state index contributed by atoms with van der Waals surface area (Å²) in [5, 5.41) is 22.7. The van der Waals surface area contributed by atoms with Crippen LogP contribution in [0.5, 0.6) is 0 Å². The minimum absolute atomic E-state index is 0.00443. The van der Waals surface area contributed by atoms with Gasteiger partial charge in [0.25, 0.3) is 11.4 Å². The van der Waals surface area contributed by atoms with Gasteiger partial charge < -0.3 is 0 Å². The molecule has 9 heteroatoms. The molecule has 0 aliphatic carbocycles. The molecule has 4 aromatic rings. The van der Waals surface area contributed by atoms with Gasteiger partial charge in [0.1, 0.15) is 0 Å². The van der Waals surface area contributed by atoms with Crippen LogP contribution in [-0.2, 0) is 0 Å². The number of non-ortho nitro benzene ring substituents is 1. The SMILES string of the molecule is Cc1ccc(-c2nc(N=Cc3ccccc3[N+](=O)[O-])sc2-c2ccc([N+](=O)[O-])cc2)cc1. The Labute approximate surface area is 186 Å². The van der Waals surface area contributed by atoms with Gasteiger partial charge in [0.2, 0.25) is 5.13 Å². The van der Waals surface area contributed by atoms with Gasteiger partial charge in [-0.3, -0.25) is 20.2 Å². The highest BCUT2D eigenvalue weighted by Crippen LogP contribution is 2.40. The molecule has 0 aliphatic rings. The van der Waals surface area contributed by atoms with Gasteiger partial charge in [-0.2, -0.15) is 0 Å². The average Bonchev–Trinajstić information content (AvgIpc) is 3.22. The molecule has 3 aromatic carbocycles. The third-order valence-electron chi connectivity index (χ3n) is 4.73. The molecular weight excluding hydrogens is 428 g/mol.